The Labute approximate surface area is 101 Å². The molecule has 17 heavy (non-hydrogen) atoms. The molecule has 1 unspecified atom stereocenters. The van der Waals surface area contributed by atoms with E-state index in [9.17, 15) is 0 Å². The number of likely N-dealkylation sites (N-methyl/N-ethyl adjacent to an activating group) is 1. The fourth-order valence-corrected chi connectivity index (χ4v) is 1.73. The van der Waals surface area contributed by atoms with Crippen LogP contribution < -0.4 is 5.73 Å². The monoisotopic (exact) mass is 240 g/mol. The quantitative estimate of drug-likeness (QED) is 0.839. The number of morpholine rings is 1. The van der Waals surface area contributed by atoms with Crippen LogP contribution in [0.25, 0.3) is 0 Å². The molecule has 0 saturated carbocycles. The van der Waals surface area contributed by atoms with Gasteiger partial charge in [-0.15, -0.1) is 0 Å². The number of nitrogens with two attached hydrogens (primary N) is 1. The molecular weight excluding hydrogens is 220 g/mol. The normalized spacial score (nSPS) is 24.2. The fourth-order valence-electron chi connectivity index (χ4n) is 1.73. The lowest BCUT2D eigenvalue weighted by atomic mass is 10.1. The molecule has 0 aromatic carbocycles. The van der Waals surface area contributed by atoms with Crippen LogP contribution in [0.4, 0.5) is 0 Å². The molecule has 2 atom stereocenters. The molecule has 0 radical (unpaired) electrons. The number of nitrogens with zero attached hydrogens (tertiary/aromatic N) is 3. The van der Waals surface area contributed by atoms with Gasteiger partial charge in [-0.2, -0.15) is 4.98 Å². The van der Waals surface area contributed by atoms with Gasteiger partial charge in [-0.1, -0.05) is 19.0 Å². The minimum atomic E-state index is -0.211. The van der Waals surface area contributed by atoms with Crippen LogP contribution in [0.5, 0.6) is 0 Å². The van der Waals surface area contributed by atoms with E-state index < -0.39 is 0 Å². The van der Waals surface area contributed by atoms with E-state index in [1.165, 1.54) is 0 Å². The fraction of sp³-hybridized carbons (Fsp3) is 0.818. The Balaban J connectivity index is 2.07. The van der Waals surface area contributed by atoms with Gasteiger partial charge in [-0.3, -0.25) is 0 Å². The lowest BCUT2D eigenvalue weighted by molar-refractivity contribution is -0.0264. The van der Waals surface area contributed by atoms with Crippen LogP contribution in [0, 0.1) is 5.92 Å². The van der Waals surface area contributed by atoms with Crippen LogP contribution in [0.2, 0.25) is 0 Å². The van der Waals surface area contributed by atoms with Gasteiger partial charge in [0.15, 0.2) is 0 Å². The largest absolute Gasteiger partial charge is 0.367 e. The second-order valence-electron chi connectivity index (χ2n) is 4.88. The molecule has 1 aromatic rings. The average Bonchev–Trinajstić information content (AvgIpc) is 2.77. The molecule has 96 valence electrons. The van der Waals surface area contributed by atoms with Crippen LogP contribution in [-0.2, 0) is 4.74 Å². The molecule has 0 bridgehead atoms. The third kappa shape index (κ3) is 2.83. The number of aromatic nitrogens is 2. The first-order valence-corrected chi connectivity index (χ1v) is 5.97. The molecule has 1 fully saturated rings. The van der Waals surface area contributed by atoms with Crippen LogP contribution in [-0.4, -0.2) is 41.8 Å². The summed E-state index contributed by atoms with van der Waals surface area (Å²) in [4.78, 5) is 6.52. The number of rotatable bonds is 3. The highest BCUT2D eigenvalue weighted by molar-refractivity contribution is 4.97. The summed E-state index contributed by atoms with van der Waals surface area (Å²) in [6.07, 6.45) is -0.106. The van der Waals surface area contributed by atoms with Crippen molar-refractivity contribution in [3.8, 4) is 0 Å². The van der Waals surface area contributed by atoms with Gasteiger partial charge in [0.05, 0.1) is 12.6 Å². The van der Waals surface area contributed by atoms with E-state index in [-0.39, 0.29) is 18.1 Å². The first-order valence-electron chi connectivity index (χ1n) is 5.97. The van der Waals surface area contributed by atoms with E-state index in [0.29, 0.717) is 18.3 Å². The van der Waals surface area contributed by atoms with Crippen molar-refractivity contribution in [2.45, 2.75) is 26.0 Å². The molecule has 0 amide bonds. The topological polar surface area (TPSA) is 77.4 Å². The predicted molar refractivity (Wildman–Crippen MR) is 62.3 cm³/mol. The maximum atomic E-state index is 5.96. The van der Waals surface area contributed by atoms with Crippen molar-refractivity contribution >= 4 is 0 Å². The highest BCUT2D eigenvalue weighted by atomic mass is 16.5. The maximum Gasteiger partial charge on any atom is 0.243 e. The first kappa shape index (κ1) is 12.5. The molecule has 1 aliphatic rings. The molecule has 1 aliphatic heterocycles. The Morgan fingerprint density at radius 1 is 1.47 bits per heavy atom. The van der Waals surface area contributed by atoms with Gasteiger partial charge in [-0.25, -0.2) is 0 Å². The molecule has 0 spiro atoms. The molecule has 6 heteroatoms. The van der Waals surface area contributed by atoms with Crippen molar-refractivity contribution in [2.24, 2.45) is 11.7 Å². The minimum Gasteiger partial charge on any atom is -0.367 e. The zero-order chi connectivity index (χ0) is 12.4. The summed E-state index contributed by atoms with van der Waals surface area (Å²) < 4.78 is 10.8. The Morgan fingerprint density at radius 2 is 2.24 bits per heavy atom. The first-order chi connectivity index (χ1) is 8.08. The van der Waals surface area contributed by atoms with Crippen LogP contribution in [0.1, 0.15) is 37.7 Å². The zero-order valence-electron chi connectivity index (χ0n) is 10.6. The summed E-state index contributed by atoms with van der Waals surface area (Å²) in [5.41, 5.74) is 5.96. The number of hydrogen-bond donors (Lipinski definition) is 1. The molecular formula is C11H20N4O2. The van der Waals surface area contributed by atoms with Crippen molar-refractivity contribution in [1.29, 1.82) is 0 Å². The van der Waals surface area contributed by atoms with E-state index in [2.05, 4.69) is 22.1 Å². The maximum absolute atomic E-state index is 5.96. The highest BCUT2D eigenvalue weighted by Gasteiger charge is 2.26. The average molecular weight is 240 g/mol. The summed E-state index contributed by atoms with van der Waals surface area (Å²) >= 11 is 0. The van der Waals surface area contributed by atoms with Crippen LogP contribution in [0.15, 0.2) is 4.52 Å². The summed E-state index contributed by atoms with van der Waals surface area (Å²) in [6.45, 7) is 6.47. The number of hydrogen-bond acceptors (Lipinski definition) is 6. The lowest BCUT2D eigenvalue weighted by Crippen LogP contribution is -2.35. The SMILES string of the molecule is CC(C)[C@@H](N)c1nc(C2CN(C)CCO2)no1. The molecule has 2 heterocycles. The lowest BCUT2D eigenvalue weighted by Gasteiger charge is -2.27. The second-order valence-corrected chi connectivity index (χ2v) is 4.88. The Hall–Kier alpha value is -0.980. The third-order valence-corrected chi connectivity index (χ3v) is 3.02. The third-order valence-electron chi connectivity index (χ3n) is 3.02. The molecule has 1 aromatic heterocycles. The van der Waals surface area contributed by atoms with E-state index >= 15 is 0 Å². The Kier molecular flexibility index (Phi) is 3.76. The molecule has 0 aliphatic carbocycles. The van der Waals surface area contributed by atoms with Gasteiger partial charge in [0.1, 0.15) is 6.10 Å². The van der Waals surface area contributed by atoms with Gasteiger partial charge in [0.25, 0.3) is 0 Å². The van der Waals surface area contributed by atoms with Crippen LogP contribution in [0.3, 0.4) is 0 Å². The van der Waals surface area contributed by atoms with Gasteiger partial charge >= 0.3 is 0 Å². The molecule has 1 saturated heterocycles. The summed E-state index contributed by atoms with van der Waals surface area (Å²) in [5, 5.41) is 3.96. The van der Waals surface area contributed by atoms with Gasteiger partial charge in [-0.05, 0) is 13.0 Å². The van der Waals surface area contributed by atoms with Gasteiger partial charge in [0, 0.05) is 13.1 Å². The van der Waals surface area contributed by atoms with E-state index in [4.69, 9.17) is 15.0 Å². The predicted octanol–water partition coefficient (Wildman–Crippen LogP) is 0.728. The van der Waals surface area contributed by atoms with E-state index in [1.807, 2.05) is 13.8 Å². The standard InChI is InChI=1S/C11H20N4O2/c1-7(2)9(12)11-13-10(14-17-11)8-6-15(3)4-5-16-8/h7-9H,4-6,12H2,1-3H3/t8?,9-/m1/s1. The zero-order valence-corrected chi connectivity index (χ0v) is 10.6. The van der Waals surface area contributed by atoms with Crippen molar-refractivity contribution in [1.82, 2.24) is 15.0 Å². The van der Waals surface area contributed by atoms with Gasteiger partial charge < -0.3 is 19.9 Å². The minimum absolute atomic E-state index is 0.106. The molecule has 2 N–H and O–H groups in total. The molecule has 6 nitrogen and oxygen atoms in total. The Morgan fingerprint density at radius 3 is 2.88 bits per heavy atom. The highest BCUT2D eigenvalue weighted by Crippen LogP contribution is 2.22. The number of ether oxygens (including phenoxy) is 1. The second kappa shape index (κ2) is 5.12. The van der Waals surface area contributed by atoms with Crippen molar-refractivity contribution in [2.75, 3.05) is 26.7 Å². The van der Waals surface area contributed by atoms with E-state index in [1.54, 1.807) is 0 Å². The van der Waals surface area contributed by atoms with Gasteiger partial charge in [0.2, 0.25) is 11.7 Å². The van der Waals surface area contributed by atoms with E-state index in [0.717, 1.165) is 13.1 Å². The van der Waals surface area contributed by atoms with Crippen molar-refractivity contribution in [3.05, 3.63) is 11.7 Å². The molecule has 2 rings (SSSR count). The van der Waals surface area contributed by atoms with Crippen LogP contribution >= 0.6 is 0 Å². The summed E-state index contributed by atoms with van der Waals surface area (Å²) in [7, 11) is 2.05. The Bertz CT molecular complexity index is 366. The van der Waals surface area contributed by atoms with Crippen molar-refractivity contribution in [3.63, 3.8) is 0 Å². The summed E-state index contributed by atoms with van der Waals surface area (Å²) in [5.74, 6) is 1.37. The van der Waals surface area contributed by atoms with Crippen molar-refractivity contribution < 1.29 is 9.26 Å². The smallest absolute Gasteiger partial charge is 0.243 e. The summed E-state index contributed by atoms with van der Waals surface area (Å²) in [6, 6.07) is -0.211.